The highest BCUT2D eigenvalue weighted by Crippen LogP contribution is 2.22. The maximum atomic E-state index is 12.1. The van der Waals surface area contributed by atoms with E-state index in [0.29, 0.717) is 65.6 Å². The van der Waals surface area contributed by atoms with Crippen LogP contribution in [0, 0.1) is 0 Å². The van der Waals surface area contributed by atoms with Crippen molar-refractivity contribution in [2.24, 2.45) is 5.84 Å². The molecule has 0 aromatic rings. The van der Waals surface area contributed by atoms with Crippen LogP contribution in [0.1, 0.15) is 45.4 Å². The minimum absolute atomic E-state index is 0.00792. The molecule has 0 spiro atoms. The molecule has 1 aliphatic heterocycles. The van der Waals surface area contributed by atoms with Crippen molar-refractivity contribution in [2.75, 3.05) is 72.5 Å². The molecular weight excluding hydrogens is 628 g/mol. The quantitative estimate of drug-likeness (QED) is 0.0181. The van der Waals surface area contributed by atoms with Gasteiger partial charge in [-0.3, -0.25) is 29.4 Å². The molecule has 0 saturated carbocycles. The molecule has 0 aromatic carbocycles. The molecule has 0 aliphatic carbocycles. The summed E-state index contributed by atoms with van der Waals surface area (Å²) in [4.78, 5) is 58.0. The van der Waals surface area contributed by atoms with E-state index >= 15 is 0 Å². The van der Waals surface area contributed by atoms with Gasteiger partial charge in [0, 0.05) is 65.5 Å². The Morgan fingerprint density at radius 1 is 0.681 bits per heavy atom. The van der Waals surface area contributed by atoms with E-state index in [-0.39, 0.29) is 56.6 Å². The number of amides is 5. The summed E-state index contributed by atoms with van der Waals surface area (Å²) in [6.07, 6.45) is -3.84. The van der Waals surface area contributed by atoms with Gasteiger partial charge in [0.25, 0.3) is 0 Å². The van der Waals surface area contributed by atoms with Crippen LogP contribution < -0.4 is 32.5 Å². The first-order chi connectivity index (χ1) is 22.6. The third-order valence-electron chi connectivity index (χ3n) is 6.60. The summed E-state index contributed by atoms with van der Waals surface area (Å²) in [7, 11) is 0. The first-order valence-electron chi connectivity index (χ1n) is 15.6. The van der Waals surface area contributed by atoms with E-state index in [1.165, 1.54) is 6.92 Å². The monoisotopic (exact) mass is 680 g/mol. The number of aliphatic hydroxyl groups is 3. The predicted molar refractivity (Wildman–Crippen MR) is 163 cm³/mol. The number of hydrogen-bond donors (Lipinski definition) is 9. The number of nitrogens with two attached hydrogens (primary N) is 1. The van der Waals surface area contributed by atoms with Gasteiger partial charge in [-0.25, -0.2) is 5.84 Å². The molecule has 1 heterocycles. The van der Waals surface area contributed by atoms with Crippen LogP contribution in [0.2, 0.25) is 0 Å². The standard InChI is InChI=1S/C28H52N6O13/c1-19(36)33-25-27(42)26(41)20(18-35)47-28(25)46-13-10-32-23(39)5-4-21(37)30-8-2-11-43-14-16-45-17-15-44-12-3-9-31-22(38)6-7-24(40)34-29/h20,25-28,35,41-42H,2-18,29H2,1H3,(H,30,37)(H,31,38)(H,32,39)(H,33,36)(H,34,40)/t20-,25-,26-,27-,28+/m1/s1. The van der Waals surface area contributed by atoms with E-state index in [2.05, 4.69) is 21.3 Å². The maximum Gasteiger partial charge on any atom is 0.234 e. The van der Waals surface area contributed by atoms with Crippen molar-refractivity contribution in [2.45, 2.75) is 76.1 Å². The van der Waals surface area contributed by atoms with Gasteiger partial charge >= 0.3 is 0 Å². The van der Waals surface area contributed by atoms with E-state index < -0.39 is 49.1 Å². The largest absolute Gasteiger partial charge is 0.394 e. The van der Waals surface area contributed by atoms with E-state index in [4.69, 9.17) is 29.5 Å². The Balaban J connectivity index is 1.96. The molecule has 0 bridgehead atoms. The summed E-state index contributed by atoms with van der Waals surface area (Å²) in [6.45, 7) is 3.95. The average molecular weight is 681 g/mol. The minimum atomic E-state index is -1.43. The van der Waals surface area contributed by atoms with Crippen molar-refractivity contribution in [3.8, 4) is 0 Å². The normalized spacial score (nSPS) is 20.7. The fourth-order valence-corrected chi connectivity index (χ4v) is 4.12. The van der Waals surface area contributed by atoms with Crippen molar-refractivity contribution in [3.05, 3.63) is 0 Å². The van der Waals surface area contributed by atoms with Crippen LogP contribution in [0.4, 0.5) is 0 Å². The van der Waals surface area contributed by atoms with Crippen LogP contribution in [0.3, 0.4) is 0 Å². The second kappa shape index (κ2) is 26.0. The lowest BCUT2D eigenvalue weighted by molar-refractivity contribution is -0.269. The van der Waals surface area contributed by atoms with Crippen LogP contribution in [0.15, 0.2) is 0 Å². The van der Waals surface area contributed by atoms with Crippen LogP contribution in [0.25, 0.3) is 0 Å². The van der Waals surface area contributed by atoms with Crippen LogP contribution in [-0.2, 0) is 47.7 Å². The highest BCUT2D eigenvalue weighted by molar-refractivity contribution is 5.84. The zero-order valence-corrected chi connectivity index (χ0v) is 26.9. The molecule has 5 atom stereocenters. The Bertz CT molecular complexity index is 931. The molecular formula is C28H52N6O13. The summed E-state index contributed by atoms with van der Waals surface area (Å²) in [6, 6.07) is -1.08. The van der Waals surface area contributed by atoms with Gasteiger partial charge < -0.3 is 60.3 Å². The summed E-state index contributed by atoms with van der Waals surface area (Å²) in [5.74, 6) is 3.20. The van der Waals surface area contributed by atoms with Crippen molar-refractivity contribution in [1.29, 1.82) is 0 Å². The Morgan fingerprint density at radius 3 is 1.62 bits per heavy atom. The second-order valence-corrected chi connectivity index (χ2v) is 10.5. The van der Waals surface area contributed by atoms with Gasteiger partial charge in [-0.15, -0.1) is 0 Å². The molecule has 0 unspecified atom stereocenters. The van der Waals surface area contributed by atoms with E-state index in [1.54, 1.807) is 0 Å². The average Bonchev–Trinajstić information content (AvgIpc) is 3.05. The molecule has 0 aromatic heterocycles. The van der Waals surface area contributed by atoms with E-state index in [0.717, 1.165) is 0 Å². The molecule has 47 heavy (non-hydrogen) atoms. The van der Waals surface area contributed by atoms with Crippen LogP contribution >= 0.6 is 0 Å². The molecule has 19 nitrogen and oxygen atoms in total. The molecule has 1 saturated heterocycles. The first kappa shape index (κ1) is 42.0. The summed E-state index contributed by atoms with van der Waals surface area (Å²) < 4.78 is 27.2. The summed E-state index contributed by atoms with van der Waals surface area (Å²) in [5.41, 5.74) is 1.96. The van der Waals surface area contributed by atoms with Gasteiger partial charge in [0.15, 0.2) is 6.29 Å². The fraction of sp³-hybridized carbons (Fsp3) is 0.821. The number of aliphatic hydroxyl groups excluding tert-OH is 3. The number of carbonyl (C=O) groups excluding carboxylic acids is 5. The molecule has 19 heteroatoms. The van der Waals surface area contributed by atoms with Crippen molar-refractivity contribution >= 4 is 29.5 Å². The van der Waals surface area contributed by atoms with Gasteiger partial charge in [-0.05, 0) is 12.8 Å². The molecule has 1 aliphatic rings. The lowest BCUT2D eigenvalue weighted by Gasteiger charge is -2.42. The smallest absolute Gasteiger partial charge is 0.234 e. The summed E-state index contributed by atoms with van der Waals surface area (Å²) >= 11 is 0. The molecule has 10 N–H and O–H groups in total. The minimum Gasteiger partial charge on any atom is -0.394 e. The SMILES string of the molecule is CC(=O)N[C@H]1[C@@H](OCCNC(=O)CCC(=O)NCCCOCCOCCOCCCNC(=O)CCC(=O)NN)O[C@H](CO)[C@@H](O)[C@@H]1O. The number of carbonyl (C=O) groups is 5. The maximum absolute atomic E-state index is 12.1. The second-order valence-electron chi connectivity index (χ2n) is 10.5. The number of rotatable bonds is 26. The van der Waals surface area contributed by atoms with Gasteiger partial charge in [0.2, 0.25) is 29.5 Å². The van der Waals surface area contributed by atoms with Crippen molar-refractivity contribution < 1.29 is 63.0 Å². The topological polar surface area (TPSA) is 278 Å². The predicted octanol–water partition coefficient (Wildman–Crippen LogP) is -4.32. The Kier molecular flexibility index (Phi) is 23.2. The molecule has 272 valence electrons. The molecule has 5 amide bonds. The van der Waals surface area contributed by atoms with Crippen molar-refractivity contribution in [1.82, 2.24) is 26.7 Å². The van der Waals surface area contributed by atoms with Crippen LogP contribution in [-0.4, -0.2) is 148 Å². The first-order valence-corrected chi connectivity index (χ1v) is 15.6. The Morgan fingerprint density at radius 2 is 1.15 bits per heavy atom. The van der Waals surface area contributed by atoms with Gasteiger partial charge in [-0.2, -0.15) is 0 Å². The number of ether oxygens (including phenoxy) is 5. The lowest BCUT2D eigenvalue weighted by Crippen LogP contribution is -2.64. The van der Waals surface area contributed by atoms with Crippen LogP contribution in [0.5, 0.6) is 0 Å². The van der Waals surface area contributed by atoms with Crippen molar-refractivity contribution in [3.63, 3.8) is 0 Å². The van der Waals surface area contributed by atoms with E-state index in [9.17, 15) is 39.3 Å². The van der Waals surface area contributed by atoms with Gasteiger partial charge in [0.05, 0.1) is 39.6 Å². The number of nitrogens with one attached hydrogen (secondary N) is 5. The molecule has 0 radical (unpaired) electrons. The zero-order valence-electron chi connectivity index (χ0n) is 26.9. The fourth-order valence-electron chi connectivity index (χ4n) is 4.12. The number of hydrogen-bond acceptors (Lipinski definition) is 14. The molecule has 1 fully saturated rings. The van der Waals surface area contributed by atoms with E-state index in [1.807, 2.05) is 5.43 Å². The Labute approximate surface area is 273 Å². The molecule has 1 rings (SSSR count). The Hall–Kier alpha value is -3.01. The highest BCUT2D eigenvalue weighted by Gasteiger charge is 2.45. The third kappa shape index (κ3) is 20.1. The van der Waals surface area contributed by atoms with Gasteiger partial charge in [0.1, 0.15) is 24.4 Å². The highest BCUT2D eigenvalue weighted by atomic mass is 16.7. The lowest BCUT2D eigenvalue weighted by atomic mass is 9.97. The van der Waals surface area contributed by atoms with Gasteiger partial charge in [-0.1, -0.05) is 0 Å². The number of hydrazine groups is 1. The zero-order chi connectivity index (χ0) is 34.9. The summed E-state index contributed by atoms with van der Waals surface area (Å²) in [5, 5.41) is 40.1. The third-order valence-corrected chi connectivity index (χ3v) is 6.60.